The van der Waals surface area contributed by atoms with Gasteiger partial charge in [0.15, 0.2) is 11.6 Å². The van der Waals surface area contributed by atoms with Crippen molar-refractivity contribution in [3.05, 3.63) is 58.1 Å². The minimum atomic E-state index is -1.10. The molecule has 3 rings (SSSR count). The number of hydrogen-bond acceptors (Lipinski definition) is 2. The third-order valence-electron chi connectivity index (χ3n) is 4.28. The zero-order valence-corrected chi connectivity index (χ0v) is 14.0. The summed E-state index contributed by atoms with van der Waals surface area (Å²) in [6.45, 7) is 1.92. The van der Waals surface area contributed by atoms with Crippen LogP contribution in [0, 0.1) is 11.6 Å². The molecule has 0 aromatic heterocycles. The summed E-state index contributed by atoms with van der Waals surface area (Å²) in [4.78, 5) is 14.5. The maximum Gasteiger partial charge on any atom is 0.260 e. The second-order valence-corrected chi connectivity index (χ2v) is 6.21. The van der Waals surface area contributed by atoms with Gasteiger partial charge in [0, 0.05) is 11.7 Å². The van der Waals surface area contributed by atoms with Gasteiger partial charge in [-0.05, 0) is 55.7 Å². The second kappa shape index (κ2) is 6.40. The lowest BCUT2D eigenvalue weighted by Gasteiger charge is -2.35. The van der Waals surface area contributed by atoms with Crippen LogP contribution in [-0.4, -0.2) is 19.1 Å². The van der Waals surface area contributed by atoms with Gasteiger partial charge in [-0.15, -0.1) is 0 Å². The lowest BCUT2D eigenvalue weighted by atomic mass is 9.95. The zero-order chi connectivity index (χ0) is 17.4. The fraction of sp³-hybridized carbons (Fsp3) is 0.278. The number of nitrogens with zero attached hydrogens (tertiary/aromatic N) is 1. The van der Waals surface area contributed by atoms with Crippen LogP contribution in [0.15, 0.2) is 30.3 Å². The minimum absolute atomic E-state index is 0.0499. The van der Waals surface area contributed by atoms with Crippen molar-refractivity contribution in [1.29, 1.82) is 0 Å². The quantitative estimate of drug-likeness (QED) is 0.739. The number of benzene rings is 2. The van der Waals surface area contributed by atoms with Gasteiger partial charge in [0.25, 0.3) is 5.91 Å². The maximum absolute atomic E-state index is 13.6. The standard InChI is InChI=1S/C18H16ClF2NO2/c1-10-3-4-11-7-12(24-2)5-6-17(11)22(10)18(23)13-8-15(20)16(21)9-14(13)19/h5-10H,3-4H2,1-2H3/t10-/m0/s1. The number of hydrogen-bond donors (Lipinski definition) is 0. The van der Waals surface area contributed by atoms with Gasteiger partial charge in [0.1, 0.15) is 5.75 Å². The summed E-state index contributed by atoms with van der Waals surface area (Å²) < 4.78 is 32.0. The first-order valence-electron chi connectivity index (χ1n) is 7.57. The molecule has 0 saturated carbocycles. The van der Waals surface area contributed by atoms with E-state index >= 15 is 0 Å². The molecule has 0 saturated heterocycles. The Balaban J connectivity index is 2.06. The number of methoxy groups -OCH3 is 1. The van der Waals surface area contributed by atoms with Gasteiger partial charge >= 0.3 is 0 Å². The number of rotatable bonds is 2. The van der Waals surface area contributed by atoms with E-state index in [0.717, 1.165) is 36.2 Å². The SMILES string of the molecule is COc1ccc2c(c1)CC[C@H](C)N2C(=O)c1cc(F)c(F)cc1Cl. The molecular weight excluding hydrogens is 336 g/mol. The van der Waals surface area contributed by atoms with Gasteiger partial charge in [-0.25, -0.2) is 8.78 Å². The van der Waals surface area contributed by atoms with E-state index < -0.39 is 17.5 Å². The molecule has 0 aliphatic carbocycles. The second-order valence-electron chi connectivity index (χ2n) is 5.80. The van der Waals surface area contributed by atoms with Crippen LogP contribution >= 0.6 is 11.6 Å². The number of halogens is 3. The topological polar surface area (TPSA) is 29.5 Å². The number of ether oxygens (including phenoxy) is 1. The number of amides is 1. The molecule has 6 heteroatoms. The first kappa shape index (κ1) is 16.7. The van der Waals surface area contributed by atoms with Crippen LogP contribution in [0.4, 0.5) is 14.5 Å². The molecule has 0 unspecified atom stereocenters. The van der Waals surface area contributed by atoms with E-state index in [2.05, 4.69) is 0 Å². The molecule has 1 aliphatic rings. The molecule has 126 valence electrons. The Morgan fingerprint density at radius 2 is 1.96 bits per heavy atom. The van der Waals surface area contributed by atoms with Crippen molar-refractivity contribution >= 4 is 23.2 Å². The lowest BCUT2D eigenvalue weighted by Crippen LogP contribution is -2.42. The molecule has 1 aliphatic heterocycles. The Hall–Kier alpha value is -2.14. The summed E-state index contributed by atoms with van der Waals surface area (Å²) in [5.74, 6) is -1.91. The molecule has 0 N–H and O–H groups in total. The van der Waals surface area contributed by atoms with Crippen molar-refractivity contribution in [3.63, 3.8) is 0 Å². The number of carbonyl (C=O) groups is 1. The first-order chi connectivity index (χ1) is 11.4. The van der Waals surface area contributed by atoms with Crippen LogP contribution in [-0.2, 0) is 6.42 Å². The molecule has 0 radical (unpaired) electrons. The molecule has 24 heavy (non-hydrogen) atoms. The Bertz CT molecular complexity index is 810. The first-order valence-corrected chi connectivity index (χ1v) is 7.95. The molecule has 2 aromatic carbocycles. The lowest BCUT2D eigenvalue weighted by molar-refractivity contribution is 0.0975. The average Bonchev–Trinajstić information content (AvgIpc) is 2.57. The number of aryl methyl sites for hydroxylation is 1. The summed E-state index contributed by atoms with van der Waals surface area (Å²) in [7, 11) is 1.58. The van der Waals surface area contributed by atoms with Crippen LogP contribution < -0.4 is 9.64 Å². The van der Waals surface area contributed by atoms with Gasteiger partial charge in [-0.2, -0.15) is 0 Å². The van der Waals surface area contributed by atoms with Gasteiger partial charge in [-0.1, -0.05) is 11.6 Å². The largest absolute Gasteiger partial charge is 0.497 e. The van der Waals surface area contributed by atoms with Crippen molar-refractivity contribution in [2.45, 2.75) is 25.8 Å². The third kappa shape index (κ3) is 2.84. The normalized spacial score (nSPS) is 16.7. The minimum Gasteiger partial charge on any atom is -0.497 e. The van der Waals surface area contributed by atoms with Crippen molar-refractivity contribution in [3.8, 4) is 5.75 Å². The number of fused-ring (bicyclic) bond motifs is 1. The summed E-state index contributed by atoms with van der Waals surface area (Å²) >= 11 is 5.96. The number of anilines is 1. The molecule has 0 spiro atoms. The van der Waals surface area contributed by atoms with E-state index in [9.17, 15) is 13.6 Å². The molecule has 1 amide bonds. The molecule has 1 atom stereocenters. The van der Waals surface area contributed by atoms with Crippen LogP contribution in [0.1, 0.15) is 29.3 Å². The summed E-state index contributed by atoms with van der Waals surface area (Å²) in [5, 5.41) is -0.105. The van der Waals surface area contributed by atoms with Crippen molar-refractivity contribution in [2.24, 2.45) is 0 Å². The Kier molecular flexibility index (Phi) is 4.45. The molecule has 1 heterocycles. The third-order valence-corrected chi connectivity index (χ3v) is 4.59. The summed E-state index contributed by atoms with van der Waals surface area (Å²) in [6.07, 6.45) is 1.57. The van der Waals surface area contributed by atoms with Gasteiger partial charge in [0.2, 0.25) is 0 Å². The Morgan fingerprint density at radius 1 is 1.25 bits per heavy atom. The average molecular weight is 352 g/mol. The Labute approximate surface area is 143 Å². The van der Waals surface area contributed by atoms with Crippen LogP contribution in [0.5, 0.6) is 5.75 Å². The predicted octanol–water partition coefficient (Wildman–Crippen LogP) is 4.61. The summed E-state index contributed by atoms with van der Waals surface area (Å²) in [6, 6.07) is 7.05. The predicted molar refractivity (Wildman–Crippen MR) is 89.0 cm³/mol. The summed E-state index contributed by atoms with van der Waals surface area (Å²) in [5.41, 5.74) is 1.66. The van der Waals surface area contributed by atoms with Gasteiger partial charge in [0.05, 0.1) is 17.7 Å². The van der Waals surface area contributed by atoms with Crippen LogP contribution in [0.2, 0.25) is 5.02 Å². The van der Waals surface area contributed by atoms with E-state index in [1.54, 1.807) is 24.1 Å². The molecular formula is C18H16ClF2NO2. The zero-order valence-electron chi connectivity index (χ0n) is 13.3. The highest BCUT2D eigenvalue weighted by Gasteiger charge is 2.31. The van der Waals surface area contributed by atoms with Gasteiger partial charge < -0.3 is 9.64 Å². The van der Waals surface area contributed by atoms with Crippen molar-refractivity contribution < 1.29 is 18.3 Å². The fourth-order valence-corrected chi connectivity index (χ4v) is 3.21. The highest BCUT2D eigenvalue weighted by atomic mass is 35.5. The fourth-order valence-electron chi connectivity index (χ4n) is 2.98. The molecule has 0 bridgehead atoms. The van der Waals surface area contributed by atoms with E-state index in [1.807, 2.05) is 13.0 Å². The maximum atomic E-state index is 13.6. The van der Waals surface area contributed by atoms with Crippen LogP contribution in [0.3, 0.4) is 0 Å². The van der Waals surface area contributed by atoms with E-state index in [1.165, 1.54) is 0 Å². The van der Waals surface area contributed by atoms with E-state index in [4.69, 9.17) is 16.3 Å². The van der Waals surface area contributed by atoms with Crippen LogP contribution in [0.25, 0.3) is 0 Å². The van der Waals surface area contributed by atoms with E-state index in [-0.39, 0.29) is 16.6 Å². The van der Waals surface area contributed by atoms with E-state index in [0.29, 0.717) is 5.75 Å². The molecule has 3 nitrogen and oxygen atoms in total. The Morgan fingerprint density at radius 3 is 2.67 bits per heavy atom. The highest BCUT2D eigenvalue weighted by molar-refractivity contribution is 6.34. The number of carbonyl (C=O) groups excluding carboxylic acids is 1. The highest BCUT2D eigenvalue weighted by Crippen LogP contribution is 2.35. The molecule has 0 fully saturated rings. The molecule has 2 aromatic rings. The smallest absolute Gasteiger partial charge is 0.260 e. The van der Waals surface area contributed by atoms with Crippen molar-refractivity contribution in [2.75, 3.05) is 12.0 Å². The monoisotopic (exact) mass is 351 g/mol. The van der Waals surface area contributed by atoms with Crippen molar-refractivity contribution in [1.82, 2.24) is 0 Å². The van der Waals surface area contributed by atoms with Gasteiger partial charge in [-0.3, -0.25) is 4.79 Å².